The molecule has 2 amide bonds. The average Bonchev–Trinajstić information content (AvgIpc) is 2.38. The number of hydrogen-bond acceptors (Lipinski definition) is 2. The molecule has 0 heterocycles. The van der Waals surface area contributed by atoms with Crippen molar-refractivity contribution in [2.45, 2.75) is 32.6 Å². The molecule has 5 heteroatoms. The van der Waals surface area contributed by atoms with Crippen LogP contribution in [0.1, 0.15) is 32.6 Å². The Morgan fingerprint density at radius 3 is 2.72 bits per heavy atom. The lowest BCUT2D eigenvalue weighted by atomic mass is 9.94. The van der Waals surface area contributed by atoms with E-state index in [1.807, 2.05) is 0 Å². The lowest BCUT2D eigenvalue weighted by Crippen LogP contribution is -2.41. The third kappa shape index (κ3) is 5.21. The summed E-state index contributed by atoms with van der Waals surface area (Å²) in [5.74, 6) is -0.870. The molecule has 1 aliphatic rings. The van der Waals surface area contributed by atoms with E-state index < -0.39 is 11.9 Å². The van der Waals surface area contributed by atoms with Crippen molar-refractivity contribution in [3.63, 3.8) is 0 Å². The molecule has 0 spiro atoms. The highest BCUT2D eigenvalue weighted by molar-refractivity contribution is 5.75. The van der Waals surface area contributed by atoms with Crippen molar-refractivity contribution in [2.75, 3.05) is 13.1 Å². The number of urea groups is 1. The summed E-state index contributed by atoms with van der Waals surface area (Å²) in [5.41, 5.74) is 0. The summed E-state index contributed by atoms with van der Waals surface area (Å²) in [6, 6.07) is -0.274. The Morgan fingerprint density at radius 1 is 1.39 bits per heavy atom. The van der Waals surface area contributed by atoms with Gasteiger partial charge in [0.1, 0.15) is 0 Å². The van der Waals surface area contributed by atoms with Crippen LogP contribution >= 0.6 is 0 Å². The quantitative estimate of drug-likeness (QED) is 0.632. The summed E-state index contributed by atoms with van der Waals surface area (Å²) >= 11 is 0. The molecule has 0 bridgehead atoms. The van der Waals surface area contributed by atoms with Crippen molar-refractivity contribution in [2.24, 2.45) is 11.8 Å². The van der Waals surface area contributed by atoms with Crippen LogP contribution in [0, 0.1) is 11.8 Å². The van der Waals surface area contributed by atoms with Crippen molar-refractivity contribution in [1.82, 2.24) is 10.6 Å². The predicted molar refractivity (Wildman–Crippen MR) is 69.3 cm³/mol. The number of amides is 2. The Bertz CT molecular complexity index is 315. The van der Waals surface area contributed by atoms with E-state index in [1.165, 1.54) is 0 Å². The first-order valence-corrected chi connectivity index (χ1v) is 6.53. The third-order valence-electron chi connectivity index (χ3n) is 3.28. The maximum Gasteiger partial charge on any atom is 0.314 e. The van der Waals surface area contributed by atoms with Gasteiger partial charge in [0.2, 0.25) is 0 Å². The lowest BCUT2D eigenvalue weighted by Gasteiger charge is -2.18. The Hall–Kier alpha value is -1.52. The molecular formula is C13H22N2O3. The van der Waals surface area contributed by atoms with Crippen LogP contribution in [-0.4, -0.2) is 30.2 Å². The number of carboxylic acids is 1. The molecule has 0 aromatic heterocycles. The zero-order valence-electron chi connectivity index (χ0n) is 10.8. The van der Waals surface area contributed by atoms with Crippen molar-refractivity contribution in [1.29, 1.82) is 0 Å². The summed E-state index contributed by atoms with van der Waals surface area (Å²) in [6.45, 7) is 2.63. The summed E-state index contributed by atoms with van der Waals surface area (Å²) in [7, 11) is 0. The Labute approximate surface area is 108 Å². The van der Waals surface area contributed by atoms with Gasteiger partial charge >= 0.3 is 12.0 Å². The average molecular weight is 254 g/mol. The van der Waals surface area contributed by atoms with Crippen LogP contribution in [-0.2, 0) is 4.79 Å². The molecule has 3 N–H and O–H groups in total. The second-order valence-corrected chi connectivity index (χ2v) is 4.68. The van der Waals surface area contributed by atoms with E-state index in [2.05, 4.69) is 22.8 Å². The maximum absolute atomic E-state index is 11.5. The fourth-order valence-electron chi connectivity index (χ4n) is 1.96. The zero-order chi connectivity index (χ0) is 13.4. The largest absolute Gasteiger partial charge is 0.481 e. The number of carbonyl (C=O) groups is 2. The SMILES string of the molecule is CCC(CNC(=O)NCC1CC=CCC1)C(=O)O. The minimum Gasteiger partial charge on any atom is -0.481 e. The first-order valence-electron chi connectivity index (χ1n) is 6.53. The minimum atomic E-state index is -0.866. The van der Waals surface area contributed by atoms with Gasteiger partial charge in [-0.25, -0.2) is 4.79 Å². The molecule has 2 atom stereocenters. The van der Waals surface area contributed by atoms with Crippen molar-refractivity contribution in [3.8, 4) is 0 Å². The van der Waals surface area contributed by atoms with E-state index in [-0.39, 0.29) is 12.6 Å². The van der Waals surface area contributed by atoms with Crippen LogP contribution in [0.4, 0.5) is 4.79 Å². The topological polar surface area (TPSA) is 78.4 Å². The van der Waals surface area contributed by atoms with Gasteiger partial charge in [-0.2, -0.15) is 0 Å². The van der Waals surface area contributed by atoms with Gasteiger partial charge < -0.3 is 15.7 Å². The van der Waals surface area contributed by atoms with Crippen LogP contribution in [0.5, 0.6) is 0 Å². The number of rotatable bonds is 6. The summed E-state index contributed by atoms with van der Waals surface area (Å²) in [6.07, 6.45) is 8.00. The number of carboxylic acid groups (broad SMARTS) is 1. The van der Waals surface area contributed by atoms with Gasteiger partial charge in [0, 0.05) is 13.1 Å². The summed E-state index contributed by atoms with van der Waals surface area (Å²) in [4.78, 5) is 22.3. The highest BCUT2D eigenvalue weighted by atomic mass is 16.4. The highest BCUT2D eigenvalue weighted by Crippen LogP contribution is 2.16. The van der Waals surface area contributed by atoms with E-state index in [0.29, 0.717) is 18.9 Å². The molecule has 0 saturated heterocycles. The van der Waals surface area contributed by atoms with Gasteiger partial charge in [0.15, 0.2) is 0 Å². The molecule has 5 nitrogen and oxygen atoms in total. The van der Waals surface area contributed by atoms with E-state index in [0.717, 1.165) is 19.3 Å². The van der Waals surface area contributed by atoms with Crippen molar-refractivity contribution >= 4 is 12.0 Å². The van der Waals surface area contributed by atoms with Gasteiger partial charge in [-0.15, -0.1) is 0 Å². The molecule has 0 radical (unpaired) electrons. The van der Waals surface area contributed by atoms with E-state index >= 15 is 0 Å². The Kier molecular flexibility index (Phi) is 6.25. The number of carbonyl (C=O) groups excluding carboxylic acids is 1. The maximum atomic E-state index is 11.5. The number of aliphatic carboxylic acids is 1. The van der Waals surface area contributed by atoms with E-state index in [1.54, 1.807) is 6.92 Å². The van der Waals surface area contributed by atoms with Gasteiger partial charge in [-0.3, -0.25) is 4.79 Å². The third-order valence-corrected chi connectivity index (χ3v) is 3.28. The minimum absolute atomic E-state index is 0.183. The molecule has 1 aliphatic carbocycles. The number of allylic oxidation sites excluding steroid dienone is 2. The van der Waals surface area contributed by atoms with Crippen molar-refractivity contribution in [3.05, 3.63) is 12.2 Å². The monoisotopic (exact) mass is 254 g/mol. The zero-order valence-corrected chi connectivity index (χ0v) is 10.8. The molecule has 0 aromatic carbocycles. The highest BCUT2D eigenvalue weighted by Gasteiger charge is 2.16. The first-order chi connectivity index (χ1) is 8.63. The van der Waals surface area contributed by atoms with Crippen LogP contribution in [0.15, 0.2) is 12.2 Å². The van der Waals surface area contributed by atoms with Crippen molar-refractivity contribution < 1.29 is 14.7 Å². The molecule has 0 aromatic rings. The van der Waals surface area contributed by atoms with Gasteiger partial charge in [-0.05, 0) is 31.6 Å². The van der Waals surface area contributed by atoms with E-state index in [9.17, 15) is 9.59 Å². The van der Waals surface area contributed by atoms with Crippen LogP contribution in [0.25, 0.3) is 0 Å². The Morgan fingerprint density at radius 2 is 2.17 bits per heavy atom. The van der Waals surface area contributed by atoms with E-state index in [4.69, 9.17) is 5.11 Å². The van der Waals surface area contributed by atoms with Crippen LogP contribution in [0.3, 0.4) is 0 Å². The molecule has 2 unspecified atom stereocenters. The normalized spacial score (nSPS) is 20.2. The second kappa shape index (κ2) is 7.74. The predicted octanol–water partition coefficient (Wildman–Crippen LogP) is 1.75. The van der Waals surface area contributed by atoms with Gasteiger partial charge in [0.05, 0.1) is 5.92 Å². The summed E-state index contributed by atoms with van der Waals surface area (Å²) < 4.78 is 0. The molecule has 0 fully saturated rings. The van der Waals surface area contributed by atoms with Crippen LogP contribution < -0.4 is 10.6 Å². The molecule has 102 valence electrons. The lowest BCUT2D eigenvalue weighted by molar-refractivity contribution is -0.141. The van der Waals surface area contributed by atoms with Gasteiger partial charge in [0.25, 0.3) is 0 Å². The van der Waals surface area contributed by atoms with Gasteiger partial charge in [-0.1, -0.05) is 19.1 Å². The first kappa shape index (κ1) is 14.5. The smallest absolute Gasteiger partial charge is 0.314 e. The summed E-state index contributed by atoms with van der Waals surface area (Å²) in [5, 5.41) is 14.2. The fourth-order valence-corrected chi connectivity index (χ4v) is 1.96. The van der Waals surface area contributed by atoms with Crippen LogP contribution in [0.2, 0.25) is 0 Å². The second-order valence-electron chi connectivity index (χ2n) is 4.68. The Balaban J connectivity index is 2.17. The molecule has 0 aliphatic heterocycles. The molecular weight excluding hydrogens is 232 g/mol. The standard InChI is InChI=1S/C13H22N2O3/c1-2-11(12(16)17)9-15-13(18)14-8-10-6-4-3-5-7-10/h3-4,10-11H,2,5-9H2,1H3,(H,16,17)(H2,14,15,18). The number of hydrogen-bond donors (Lipinski definition) is 3. The number of nitrogens with one attached hydrogen (secondary N) is 2. The molecule has 18 heavy (non-hydrogen) atoms. The fraction of sp³-hybridized carbons (Fsp3) is 0.692. The molecule has 1 rings (SSSR count). The molecule has 0 saturated carbocycles.